The van der Waals surface area contributed by atoms with Gasteiger partial charge >= 0.3 is 5.97 Å². The largest absolute Gasteiger partial charge is 0.493 e. The first-order chi connectivity index (χ1) is 12.5. The molecule has 0 aliphatic rings. The molecule has 0 aromatic heterocycles. The van der Waals surface area contributed by atoms with Crippen molar-refractivity contribution in [2.75, 3.05) is 26.1 Å². The average Bonchev–Trinajstić information content (AvgIpc) is 2.67. The Labute approximate surface area is 151 Å². The number of carbonyl (C=O) groups is 2. The normalized spacial score (nSPS) is 11.2. The molecule has 2 aromatic carbocycles. The number of ether oxygens (including phenoxy) is 4. The molecule has 7 heteroatoms. The van der Waals surface area contributed by atoms with Crippen molar-refractivity contribution in [1.82, 2.24) is 0 Å². The van der Waals surface area contributed by atoms with Crippen LogP contribution in [0.4, 0.5) is 5.69 Å². The van der Waals surface area contributed by atoms with Crippen molar-refractivity contribution >= 4 is 17.6 Å². The van der Waals surface area contributed by atoms with E-state index in [2.05, 4.69) is 5.32 Å². The monoisotopic (exact) mass is 359 g/mol. The number of hydrogen-bond acceptors (Lipinski definition) is 6. The van der Waals surface area contributed by atoms with Crippen LogP contribution in [-0.2, 0) is 14.3 Å². The minimum atomic E-state index is -0.977. The first-order valence-electron chi connectivity index (χ1n) is 7.93. The predicted octanol–water partition coefficient (Wildman–Crippen LogP) is 2.65. The Morgan fingerprint density at radius 3 is 2.35 bits per heavy atom. The van der Waals surface area contributed by atoms with Gasteiger partial charge in [0.1, 0.15) is 5.75 Å². The van der Waals surface area contributed by atoms with Gasteiger partial charge in [0.15, 0.2) is 24.2 Å². The van der Waals surface area contributed by atoms with Crippen molar-refractivity contribution in [3.63, 3.8) is 0 Å². The fourth-order valence-electron chi connectivity index (χ4n) is 2.10. The SMILES string of the molecule is COc1ccc(NC(=O)C(C)OC(=O)COc2ccccc2)cc1OC. The van der Waals surface area contributed by atoms with Crippen molar-refractivity contribution in [2.24, 2.45) is 0 Å². The molecule has 0 saturated heterocycles. The van der Waals surface area contributed by atoms with Gasteiger partial charge in [0.2, 0.25) is 0 Å². The fraction of sp³-hybridized carbons (Fsp3) is 0.263. The van der Waals surface area contributed by atoms with Gasteiger partial charge < -0.3 is 24.3 Å². The number of amides is 1. The molecule has 0 radical (unpaired) electrons. The molecule has 0 saturated carbocycles. The molecule has 0 heterocycles. The zero-order valence-corrected chi connectivity index (χ0v) is 14.9. The summed E-state index contributed by atoms with van der Waals surface area (Å²) in [6, 6.07) is 13.8. The molecule has 1 N–H and O–H groups in total. The van der Waals surface area contributed by atoms with Crippen LogP contribution in [0.2, 0.25) is 0 Å². The lowest BCUT2D eigenvalue weighted by Gasteiger charge is -2.15. The van der Waals surface area contributed by atoms with Crippen molar-refractivity contribution in [3.8, 4) is 17.2 Å². The minimum absolute atomic E-state index is 0.280. The van der Waals surface area contributed by atoms with Gasteiger partial charge in [0.25, 0.3) is 5.91 Å². The van der Waals surface area contributed by atoms with Crippen molar-refractivity contribution in [3.05, 3.63) is 48.5 Å². The summed E-state index contributed by atoms with van der Waals surface area (Å²) < 4.78 is 20.7. The highest BCUT2D eigenvalue weighted by molar-refractivity contribution is 5.95. The molecule has 1 unspecified atom stereocenters. The smallest absolute Gasteiger partial charge is 0.344 e. The molecule has 26 heavy (non-hydrogen) atoms. The number of nitrogens with one attached hydrogen (secondary N) is 1. The number of carbonyl (C=O) groups excluding carboxylic acids is 2. The lowest BCUT2D eigenvalue weighted by molar-refractivity contribution is -0.155. The van der Waals surface area contributed by atoms with E-state index in [-0.39, 0.29) is 6.61 Å². The molecule has 0 bridgehead atoms. The van der Waals surface area contributed by atoms with E-state index in [0.717, 1.165) is 0 Å². The zero-order chi connectivity index (χ0) is 18.9. The Bertz CT molecular complexity index is 747. The molecule has 0 aliphatic carbocycles. The van der Waals surface area contributed by atoms with Gasteiger partial charge in [-0.1, -0.05) is 18.2 Å². The van der Waals surface area contributed by atoms with E-state index in [1.54, 1.807) is 42.5 Å². The third-order valence-electron chi connectivity index (χ3n) is 3.43. The van der Waals surface area contributed by atoms with Crippen LogP contribution < -0.4 is 19.5 Å². The summed E-state index contributed by atoms with van der Waals surface area (Å²) in [6.45, 7) is 1.20. The average molecular weight is 359 g/mol. The highest BCUT2D eigenvalue weighted by atomic mass is 16.6. The molecule has 0 aliphatic heterocycles. The van der Waals surface area contributed by atoms with E-state index in [9.17, 15) is 9.59 Å². The van der Waals surface area contributed by atoms with Crippen LogP contribution in [0.25, 0.3) is 0 Å². The van der Waals surface area contributed by atoms with Crippen LogP contribution in [0.1, 0.15) is 6.92 Å². The number of esters is 1. The molecule has 1 atom stereocenters. The summed E-state index contributed by atoms with van der Waals surface area (Å²) in [5, 5.41) is 2.65. The van der Waals surface area contributed by atoms with E-state index >= 15 is 0 Å². The summed E-state index contributed by atoms with van der Waals surface area (Å²) in [4.78, 5) is 24.0. The molecule has 0 fully saturated rings. The lowest BCUT2D eigenvalue weighted by Crippen LogP contribution is -2.31. The molecule has 2 aromatic rings. The Kier molecular flexibility index (Phi) is 6.84. The quantitative estimate of drug-likeness (QED) is 0.730. The maximum absolute atomic E-state index is 12.2. The van der Waals surface area contributed by atoms with Gasteiger partial charge in [-0.15, -0.1) is 0 Å². The number of hydrogen-bond donors (Lipinski definition) is 1. The second kappa shape index (κ2) is 9.31. The number of anilines is 1. The van der Waals surface area contributed by atoms with Gasteiger partial charge in [-0.25, -0.2) is 4.79 Å². The number of rotatable bonds is 8. The summed E-state index contributed by atoms with van der Waals surface area (Å²) in [5.74, 6) is 0.468. The molecule has 0 spiro atoms. The van der Waals surface area contributed by atoms with Gasteiger partial charge in [-0.05, 0) is 31.2 Å². The Balaban J connectivity index is 1.86. The van der Waals surface area contributed by atoms with E-state index in [0.29, 0.717) is 22.9 Å². The molecule has 1 amide bonds. The maximum Gasteiger partial charge on any atom is 0.344 e. The molecular formula is C19H21NO6. The molecule has 7 nitrogen and oxygen atoms in total. The highest BCUT2D eigenvalue weighted by Gasteiger charge is 2.19. The Morgan fingerprint density at radius 2 is 1.69 bits per heavy atom. The van der Waals surface area contributed by atoms with Crippen LogP contribution in [-0.4, -0.2) is 38.8 Å². The maximum atomic E-state index is 12.2. The van der Waals surface area contributed by atoms with Crippen molar-refractivity contribution < 1.29 is 28.5 Å². The fourth-order valence-corrected chi connectivity index (χ4v) is 2.10. The van der Waals surface area contributed by atoms with Gasteiger partial charge in [-0.3, -0.25) is 4.79 Å². The Morgan fingerprint density at radius 1 is 1.00 bits per heavy atom. The summed E-state index contributed by atoms with van der Waals surface area (Å²) in [7, 11) is 3.02. The lowest BCUT2D eigenvalue weighted by atomic mass is 10.2. The van der Waals surface area contributed by atoms with Crippen LogP contribution in [0, 0.1) is 0 Å². The second-order valence-electron chi connectivity index (χ2n) is 5.29. The van der Waals surface area contributed by atoms with Gasteiger partial charge in [0.05, 0.1) is 14.2 Å². The topological polar surface area (TPSA) is 83.1 Å². The van der Waals surface area contributed by atoms with Gasteiger partial charge in [0, 0.05) is 11.8 Å². The van der Waals surface area contributed by atoms with E-state index in [1.807, 2.05) is 6.07 Å². The standard InChI is InChI=1S/C19H21NO6/c1-13(26-18(21)12-25-15-7-5-4-6-8-15)19(22)20-14-9-10-16(23-2)17(11-14)24-3/h4-11,13H,12H2,1-3H3,(H,20,22). The van der Waals surface area contributed by atoms with E-state index < -0.39 is 18.0 Å². The molecule has 138 valence electrons. The summed E-state index contributed by atoms with van der Waals surface area (Å²) >= 11 is 0. The summed E-state index contributed by atoms with van der Waals surface area (Å²) in [6.07, 6.45) is -0.977. The van der Waals surface area contributed by atoms with Crippen LogP contribution in [0.3, 0.4) is 0 Å². The minimum Gasteiger partial charge on any atom is -0.493 e. The van der Waals surface area contributed by atoms with Crippen LogP contribution in [0.5, 0.6) is 17.2 Å². The molecular weight excluding hydrogens is 338 g/mol. The number of para-hydroxylation sites is 1. The molecule has 2 rings (SSSR count). The number of benzene rings is 2. The predicted molar refractivity (Wildman–Crippen MR) is 95.7 cm³/mol. The van der Waals surface area contributed by atoms with E-state index in [4.69, 9.17) is 18.9 Å². The first-order valence-corrected chi connectivity index (χ1v) is 7.93. The summed E-state index contributed by atoms with van der Waals surface area (Å²) in [5.41, 5.74) is 0.496. The van der Waals surface area contributed by atoms with Gasteiger partial charge in [-0.2, -0.15) is 0 Å². The van der Waals surface area contributed by atoms with Crippen molar-refractivity contribution in [2.45, 2.75) is 13.0 Å². The third-order valence-corrected chi connectivity index (χ3v) is 3.43. The van der Waals surface area contributed by atoms with Crippen LogP contribution in [0.15, 0.2) is 48.5 Å². The highest BCUT2D eigenvalue weighted by Crippen LogP contribution is 2.29. The third kappa shape index (κ3) is 5.41. The zero-order valence-electron chi connectivity index (χ0n) is 14.9. The second-order valence-corrected chi connectivity index (χ2v) is 5.29. The van der Waals surface area contributed by atoms with Crippen molar-refractivity contribution in [1.29, 1.82) is 0 Å². The Hall–Kier alpha value is -3.22. The first kappa shape index (κ1) is 19.1. The van der Waals surface area contributed by atoms with E-state index in [1.165, 1.54) is 21.1 Å². The van der Waals surface area contributed by atoms with Crippen LogP contribution >= 0.6 is 0 Å². The number of methoxy groups -OCH3 is 2.